The van der Waals surface area contributed by atoms with Crippen molar-refractivity contribution in [3.05, 3.63) is 64.6 Å². The largest absolute Gasteiger partial charge is 0.494 e. The number of hydrogen-bond acceptors (Lipinski definition) is 6. The molecule has 0 saturated carbocycles. The third kappa shape index (κ3) is 5.74. The number of quaternary nitrogens is 1. The summed E-state index contributed by atoms with van der Waals surface area (Å²) in [6.45, 7) is 2.04. The Balaban J connectivity index is 1.23. The Hall–Kier alpha value is -4.07. The number of likely N-dealkylation sites (tertiary alicyclic amines) is 1. The van der Waals surface area contributed by atoms with Crippen molar-refractivity contribution in [1.29, 1.82) is 0 Å². The number of piperazine rings is 1. The van der Waals surface area contributed by atoms with Crippen molar-refractivity contribution in [2.45, 2.75) is 18.6 Å². The molecule has 0 radical (unpaired) electrons. The first kappa shape index (κ1) is 31.4. The molecule has 11 nitrogen and oxygen atoms in total. The fourth-order valence-electron chi connectivity index (χ4n) is 5.89. The maximum Gasteiger partial charge on any atom is 0.291 e. The van der Waals surface area contributed by atoms with Crippen LogP contribution in [0, 0.1) is 11.6 Å². The van der Waals surface area contributed by atoms with E-state index in [1.165, 1.54) is 55.3 Å². The van der Waals surface area contributed by atoms with Gasteiger partial charge in [-0.1, -0.05) is 11.6 Å². The number of halogens is 3. The Morgan fingerprint density at radius 3 is 2.36 bits per heavy atom. The number of benzene rings is 2. The quantitative estimate of drug-likeness (QED) is 0.404. The Morgan fingerprint density at radius 2 is 1.75 bits per heavy atom. The highest BCUT2D eigenvalue weighted by molar-refractivity contribution is 6.34. The first-order valence-corrected chi connectivity index (χ1v) is 14.5. The van der Waals surface area contributed by atoms with E-state index in [4.69, 9.17) is 16.3 Å². The number of rotatable bonds is 6. The molecule has 14 heteroatoms. The lowest BCUT2D eigenvalue weighted by Gasteiger charge is -2.39. The lowest BCUT2D eigenvalue weighted by atomic mass is 10.1. The second-order valence-corrected chi connectivity index (χ2v) is 11.9. The van der Waals surface area contributed by atoms with Crippen LogP contribution in [0.1, 0.15) is 27.4 Å². The van der Waals surface area contributed by atoms with Crippen LogP contribution in [0.15, 0.2) is 36.5 Å². The van der Waals surface area contributed by atoms with Gasteiger partial charge < -0.3 is 34.0 Å². The Bertz CT molecular complexity index is 1620. The molecule has 3 heterocycles. The Kier molecular flexibility index (Phi) is 8.65. The molecule has 0 aliphatic carbocycles. The first-order valence-electron chi connectivity index (χ1n) is 14.1. The smallest absolute Gasteiger partial charge is 0.291 e. The molecular formula is C30H34ClF2N6O5+. The number of hydrogen-bond donors (Lipinski definition) is 2. The normalized spacial score (nSPS) is 19.6. The molecule has 2 atom stereocenters. The van der Waals surface area contributed by atoms with Gasteiger partial charge in [0.15, 0.2) is 23.4 Å². The number of aliphatic hydroxyl groups is 1. The molecule has 2 aromatic carbocycles. The van der Waals surface area contributed by atoms with Gasteiger partial charge >= 0.3 is 0 Å². The molecule has 44 heavy (non-hydrogen) atoms. The minimum Gasteiger partial charge on any atom is -0.494 e. The minimum absolute atomic E-state index is 0.0633. The van der Waals surface area contributed by atoms with E-state index >= 15 is 0 Å². The Labute approximate surface area is 258 Å². The maximum absolute atomic E-state index is 14.6. The van der Waals surface area contributed by atoms with Gasteiger partial charge in [0.25, 0.3) is 17.7 Å². The fraction of sp³-hybridized carbons (Fsp3) is 0.400. The molecule has 5 rings (SSSR count). The number of anilines is 1. The second kappa shape index (κ2) is 12.1. The van der Waals surface area contributed by atoms with E-state index in [-0.39, 0.29) is 45.2 Å². The Morgan fingerprint density at radius 1 is 1.07 bits per heavy atom. The van der Waals surface area contributed by atoms with Gasteiger partial charge in [0, 0.05) is 50.9 Å². The number of carbonyl (C=O) groups is 3. The molecule has 3 aromatic rings. The molecule has 2 aliphatic heterocycles. The summed E-state index contributed by atoms with van der Waals surface area (Å²) in [6, 6.07) is 6.58. The maximum atomic E-state index is 14.6. The van der Waals surface area contributed by atoms with Gasteiger partial charge in [-0.05, 0) is 30.3 Å². The third-order valence-electron chi connectivity index (χ3n) is 8.44. The number of ether oxygens (including phenoxy) is 1. The van der Waals surface area contributed by atoms with Crippen LogP contribution in [0.5, 0.6) is 5.75 Å². The molecular weight excluding hydrogens is 598 g/mol. The number of aromatic nitrogens is 2. The number of amides is 3. The van der Waals surface area contributed by atoms with E-state index < -0.39 is 29.7 Å². The number of carbonyl (C=O) groups excluding carboxylic acids is 3. The van der Waals surface area contributed by atoms with Crippen LogP contribution in [0.4, 0.5) is 14.5 Å². The van der Waals surface area contributed by atoms with E-state index in [0.717, 1.165) is 6.54 Å². The SMILES string of the molecule is COc1ccc(-c2cnc(C(=O)Nc3ccc(C(=O)N4CCN(C(=O)[C@@H]5[C@@H](O)CC[N+]5(C)C)CC4)c(Cl)c3)n2C)c(F)c1F. The van der Waals surface area contributed by atoms with Gasteiger partial charge in [0.05, 0.1) is 50.2 Å². The first-order chi connectivity index (χ1) is 20.8. The van der Waals surface area contributed by atoms with Crippen LogP contribution in [0.3, 0.4) is 0 Å². The highest BCUT2D eigenvalue weighted by Crippen LogP contribution is 2.31. The summed E-state index contributed by atoms with van der Waals surface area (Å²) in [5.41, 5.74) is 0.628. The zero-order valence-corrected chi connectivity index (χ0v) is 25.6. The lowest BCUT2D eigenvalue weighted by Crippen LogP contribution is -2.60. The molecule has 234 valence electrons. The topological polar surface area (TPSA) is 117 Å². The predicted molar refractivity (Wildman–Crippen MR) is 158 cm³/mol. The van der Waals surface area contributed by atoms with Crippen LogP contribution >= 0.6 is 11.6 Å². The number of nitrogens with one attached hydrogen (secondary N) is 1. The van der Waals surface area contributed by atoms with Gasteiger partial charge in [-0.25, -0.2) is 9.37 Å². The van der Waals surface area contributed by atoms with E-state index in [0.29, 0.717) is 42.8 Å². The zero-order valence-electron chi connectivity index (χ0n) is 24.8. The molecule has 2 aliphatic rings. The number of methoxy groups -OCH3 is 1. The van der Waals surface area contributed by atoms with Crippen molar-refractivity contribution < 1.29 is 37.5 Å². The van der Waals surface area contributed by atoms with E-state index in [2.05, 4.69) is 10.3 Å². The van der Waals surface area contributed by atoms with Crippen molar-refractivity contribution in [3.8, 4) is 17.0 Å². The third-order valence-corrected chi connectivity index (χ3v) is 8.75. The highest BCUT2D eigenvalue weighted by atomic mass is 35.5. The number of aliphatic hydroxyl groups excluding tert-OH is 1. The summed E-state index contributed by atoms with van der Waals surface area (Å²) >= 11 is 6.46. The van der Waals surface area contributed by atoms with Gasteiger partial charge in [-0.3, -0.25) is 14.4 Å². The average Bonchev–Trinajstić information content (AvgIpc) is 3.51. The van der Waals surface area contributed by atoms with Crippen molar-refractivity contribution in [1.82, 2.24) is 19.4 Å². The van der Waals surface area contributed by atoms with Gasteiger partial charge in [0.1, 0.15) is 6.10 Å². The van der Waals surface area contributed by atoms with Gasteiger partial charge in [-0.2, -0.15) is 4.39 Å². The lowest BCUT2D eigenvalue weighted by molar-refractivity contribution is -0.895. The molecule has 2 fully saturated rings. The zero-order chi connectivity index (χ0) is 31.9. The van der Waals surface area contributed by atoms with Crippen LogP contribution in [0.25, 0.3) is 11.3 Å². The summed E-state index contributed by atoms with van der Waals surface area (Å²) in [7, 11) is 6.60. The van der Waals surface area contributed by atoms with Gasteiger partial charge in [0.2, 0.25) is 5.82 Å². The summed E-state index contributed by atoms with van der Waals surface area (Å²) in [5, 5.41) is 13.2. The standard InChI is InChI=1S/C30H33ClF2N6O5/c1-36-21(19-7-8-23(44-4)25(33)24(19)32)16-34-27(36)28(41)35-17-5-6-18(20(31)15-17)29(42)37-10-12-38(13-11-37)30(43)26-22(40)9-14-39(26,2)3/h5-8,15-16,22,26,40H,9-14H2,1-4H3/p+1/t22-,26-/m0/s1. The molecule has 0 unspecified atom stereocenters. The fourth-order valence-corrected chi connectivity index (χ4v) is 6.15. The molecule has 1 aromatic heterocycles. The van der Waals surface area contributed by atoms with Crippen molar-refractivity contribution in [3.63, 3.8) is 0 Å². The predicted octanol–water partition coefficient (Wildman–Crippen LogP) is 2.77. The van der Waals surface area contributed by atoms with Crippen molar-refractivity contribution >= 4 is 35.0 Å². The average molecular weight is 632 g/mol. The summed E-state index contributed by atoms with van der Waals surface area (Å²) < 4.78 is 35.5. The van der Waals surface area contributed by atoms with E-state index in [1.54, 1.807) is 9.80 Å². The van der Waals surface area contributed by atoms with Crippen molar-refractivity contribution in [2.75, 3.05) is 59.2 Å². The van der Waals surface area contributed by atoms with Crippen LogP contribution in [0.2, 0.25) is 5.02 Å². The second-order valence-electron chi connectivity index (χ2n) is 11.5. The van der Waals surface area contributed by atoms with E-state index in [1.807, 2.05) is 14.1 Å². The van der Waals surface area contributed by atoms with Crippen LogP contribution in [-0.2, 0) is 11.8 Å². The molecule has 0 bridgehead atoms. The summed E-state index contributed by atoms with van der Waals surface area (Å²) in [4.78, 5) is 46.8. The number of imidazole rings is 1. The summed E-state index contributed by atoms with van der Waals surface area (Å²) in [6.07, 6.45) is 1.15. The van der Waals surface area contributed by atoms with E-state index in [9.17, 15) is 28.3 Å². The molecule has 0 spiro atoms. The number of nitrogens with zero attached hydrogens (tertiary/aromatic N) is 5. The molecule has 3 amide bonds. The van der Waals surface area contributed by atoms with Crippen LogP contribution < -0.4 is 10.1 Å². The number of likely N-dealkylation sites (N-methyl/N-ethyl adjacent to an activating group) is 1. The van der Waals surface area contributed by atoms with Crippen molar-refractivity contribution in [2.24, 2.45) is 7.05 Å². The van der Waals surface area contributed by atoms with Gasteiger partial charge in [-0.15, -0.1) is 0 Å². The minimum atomic E-state index is -1.15. The molecule has 2 saturated heterocycles. The highest BCUT2D eigenvalue weighted by Gasteiger charge is 2.48. The van der Waals surface area contributed by atoms with Crippen LogP contribution in [-0.4, -0.2) is 113 Å². The summed E-state index contributed by atoms with van der Waals surface area (Å²) in [5.74, 6) is -3.62. The molecule has 2 N–H and O–H groups in total. The monoisotopic (exact) mass is 631 g/mol.